The van der Waals surface area contributed by atoms with Gasteiger partial charge in [0.05, 0.1) is 0 Å². The first-order valence-electron chi connectivity index (χ1n) is 10.6. The highest BCUT2D eigenvalue weighted by molar-refractivity contribution is 6.14. The van der Waals surface area contributed by atoms with E-state index in [0.717, 1.165) is 0 Å². The summed E-state index contributed by atoms with van der Waals surface area (Å²) in [6.45, 7) is 0. The van der Waals surface area contributed by atoms with Crippen molar-refractivity contribution in [3.8, 4) is 57.5 Å². The molecule has 0 bridgehead atoms. The van der Waals surface area contributed by atoms with Gasteiger partial charge in [-0.15, -0.1) is 0 Å². The number of hydrogen-bond donors (Lipinski definition) is 8. The molecule has 0 aliphatic heterocycles. The average molecular weight is 522 g/mol. The molecule has 0 aliphatic rings. The third kappa shape index (κ3) is 4.56. The van der Waals surface area contributed by atoms with Gasteiger partial charge in [-0.25, -0.2) is 0 Å². The number of carbonyl (C=O) groups is 2. The second-order valence-corrected chi connectivity index (χ2v) is 7.85. The van der Waals surface area contributed by atoms with E-state index in [2.05, 4.69) is 0 Å². The van der Waals surface area contributed by atoms with Crippen molar-refractivity contribution in [3.63, 3.8) is 0 Å². The van der Waals surface area contributed by atoms with Crippen molar-refractivity contribution in [2.45, 2.75) is 0 Å². The lowest BCUT2D eigenvalue weighted by molar-refractivity contribution is -0.104. The summed E-state index contributed by atoms with van der Waals surface area (Å²) in [6.07, 6.45) is 0. The van der Waals surface area contributed by atoms with Crippen LogP contribution in [0.25, 0.3) is 0 Å². The van der Waals surface area contributed by atoms with Gasteiger partial charge in [-0.2, -0.15) is 0 Å². The zero-order valence-electron chi connectivity index (χ0n) is 19.0. The number of rotatable bonds is 7. The van der Waals surface area contributed by atoms with Crippen molar-refractivity contribution < 1.29 is 60.2 Å². The fraction of sp³-hybridized carbons (Fsp3) is 0. The van der Waals surface area contributed by atoms with E-state index in [-0.39, 0.29) is 22.6 Å². The number of phenolic OH excluding ortho intramolecular Hbond substituents is 8. The van der Waals surface area contributed by atoms with Gasteiger partial charge in [0, 0.05) is 23.3 Å². The third-order valence-corrected chi connectivity index (χ3v) is 5.36. The largest absolute Gasteiger partial charge is 0.508 e. The molecule has 4 aromatic rings. The van der Waals surface area contributed by atoms with Crippen LogP contribution in [0, 0.1) is 0 Å². The number of phenols is 8. The van der Waals surface area contributed by atoms with E-state index < -0.39 is 68.7 Å². The van der Waals surface area contributed by atoms with Gasteiger partial charge in [-0.1, -0.05) is 0 Å². The zero-order valence-corrected chi connectivity index (χ0v) is 19.0. The van der Waals surface area contributed by atoms with Crippen molar-refractivity contribution in [1.82, 2.24) is 0 Å². The summed E-state index contributed by atoms with van der Waals surface area (Å²) in [7, 11) is 0. The third-order valence-electron chi connectivity index (χ3n) is 5.36. The molecule has 8 N–H and O–H groups in total. The maximum atomic E-state index is 13.0. The Morgan fingerprint density at radius 3 is 1.50 bits per heavy atom. The fourth-order valence-corrected chi connectivity index (χ4v) is 3.43. The molecule has 12 nitrogen and oxygen atoms in total. The van der Waals surface area contributed by atoms with Crippen LogP contribution in [0.3, 0.4) is 0 Å². The molecular weight excluding hydrogens is 504 g/mol. The molecule has 0 saturated heterocycles. The van der Waals surface area contributed by atoms with Crippen LogP contribution in [0.5, 0.6) is 57.5 Å². The predicted octanol–water partition coefficient (Wildman–Crippen LogP) is 3.17. The second kappa shape index (κ2) is 9.70. The summed E-state index contributed by atoms with van der Waals surface area (Å²) in [4.78, 5) is 35.8. The molecule has 0 radical (unpaired) electrons. The van der Waals surface area contributed by atoms with Gasteiger partial charge in [-0.3, -0.25) is 19.4 Å². The van der Waals surface area contributed by atoms with Crippen LogP contribution in [0.15, 0.2) is 60.7 Å². The number of carbonyl (C=O) groups excluding carboxylic acids is 2. The number of benzene rings is 4. The fourth-order valence-electron chi connectivity index (χ4n) is 3.43. The summed E-state index contributed by atoms with van der Waals surface area (Å²) in [5.74, 6) is -9.65. The number of aromatic hydroxyl groups is 8. The molecule has 0 heterocycles. The maximum absolute atomic E-state index is 13.0. The lowest BCUT2D eigenvalue weighted by Crippen LogP contribution is -2.10. The Labute approximate surface area is 212 Å². The molecule has 0 aliphatic carbocycles. The minimum atomic E-state index is -1.05. The van der Waals surface area contributed by atoms with E-state index in [4.69, 9.17) is 9.78 Å². The maximum Gasteiger partial charge on any atom is 0.238 e. The molecule has 0 amide bonds. The van der Waals surface area contributed by atoms with Gasteiger partial charge in [0.15, 0.2) is 23.0 Å². The lowest BCUT2D eigenvalue weighted by atomic mass is 10.0. The second-order valence-electron chi connectivity index (χ2n) is 7.85. The molecule has 0 spiro atoms. The van der Waals surface area contributed by atoms with Crippen molar-refractivity contribution in [2.75, 3.05) is 0 Å². The van der Waals surface area contributed by atoms with Crippen molar-refractivity contribution >= 4 is 11.6 Å². The van der Waals surface area contributed by atoms with E-state index >= 15 is 0 Å². The molecular formula is C26H18O12. The molecule has 4 aromatic carbocycles. The van der Waals surface area contributed by atoms with Gasteiger partial charge >= 0.3 is 0 Å². The molecule has 0 fully saturated rings. The smallest absolute Gasteiger partial charge is 0.238 e. The van der Waals surface area contributed by atoms with E-state index in [1.54, 1.807) is 0 Å². The molecule has 194 valence electrons. The Balaban J connectivity index is 1.74. The Kier molecular flexibility index (Phi) is 6.46. The molecule has 4 rings (SSSR count). The highest BCUT2D eigenvalue weighted by Gasteiger charge is 2.29. The first-order chi connectivity index (χ1) is 18.0. The van der Waals surface area contributed by atoms with Gasteiger partial charge in [0.25, 0.3) is 0 Å². The molecule has 12 heteroatoms. The van der Waals surface area contributed by atoms with E-state index in [0.29, 0.717) is 12.1 Å². The van der Waals surface area contributed by atoms with Crippen molar-refractivity contribution in [2.24, 2.45) is 0 Å². The molecule has 0 atom stereocenters. The predicted molar refractivity (Wildman–Crippen MR) is 127 cm³/mol. The van der Waals surface area contributed by atoms with Crippen LogP contribution in [0.4, 0.5) is 0 Å². The van der Waals surface area contributed by atoms with E-state index in [1.165, 1.54) is 48.5 Å². The first kappa shape index (κ1) is 25.3. The summed E-state index contributed by atoms with van der Waals surface area (Å²) in [6, 6.07) is 10.8. The Morgan fingerprint density at radius 1 is 0.500 bits per heavy atom. The van der Waals surface area contributed by atoms with Crippen LogP contribution in [0.1, 0.15) is 31.8 Å². The number of ketones is 2. The topological polar surface area (TPSA) is 214 Å². The van der Waals surface area contributed by atoms with Gasteiger partial charge < -0.3 is 40.9 Å². The van der Waals surface area contributed by atoms with Crippen molar-refractivity contribution in [1.29, 1.82) is 0 Å². The molecule has 0 saturated carbocycles. The minimum absolute atomic E-state index is 0.0695. The monoisotopic (exact) mass is 522 g/mol. The Hall–Kier alpha value is -5.78. The highest BCUT2D eigenvalue weighted by atomic mass is 17.2. The SMILES string of the molecule is O=C(c1ccc(O)cc1)c1c(O)c(O)cc(OOc2c(O)c(O)cc(O)c2C(=O)c2ccc(O)cc2)c1O. The summed E-state index contributed by atoms with van der Waals surface area (Å²) < 4.78 is 0. The molecule has 0 unspecified atom stereocenters. The normalized spacial score (nSPS) is 10.6. The van der Waals surface area contributed by atoms with Gasteiger partial charge in [-0.05, 0) is 48.5 Å². The average Bonchev–Trinajstić information content (AvgIpc) is 2.88. The van der Waals surface area contributed by atoms with Crippen LogP contribution in [0.2, 0.25) is 0 Å². The van der Waals surface area contributed by atoms with Crippen LogP contribution >= 0.6 is 0 Å². The standard InChI is InChI=1S/C26H18O12/c27-13-5-1-11(2-6-13)21(32)19-15(29)9-16(30)24(35)26(19)38-37-18-10-17(31)23(34)20(25(18)36)22(33)12-3-7-14(28)8-4-12/h1-10,27-31,34-36H. The van der Waals surface area contributed by atoms with Gasteiger partial charge in [0.2, 0.25) is 28.8 Å². The summed E-state index contributed by atoms with van der Waals surface area (Å²) in [5.41, 5.74) is -1.66. The summed E-state index contributed by atoms with van der Waals surface area (Å²) in [5, 5.41) is 80.3. The quantitative estimate of drug-likeness (QED) is 0.0577. The van der Waals surface area contributed by atoms with Crippen LogP contribution < -0.4 is 9.78 Å². The summed E-state index contributed by atoms with van der Waals surface area (Å²) >= 11 is 0. The van der Waals surface area contributed by atoms with E-state index in [9.17, 15) is 50.4 Å². The van der Waals surface area contributed by atoms with Gasteiger partial charge in [0.1, 0.15) is 28.4 Å². The number of hydrogen-bond acceptors (Lipinski definition) is 12. The molecule has 0 aromatic heterocycles. The minimum Gasteiger partial charge on any atom is -0.508 e. The zero-order chi connectivity index (χ0) is 27.7. The molecule has 38 heavy (non-hydrogen) atoms. The lowest BCUT2D eigenvalue weighted by Gasteiger charge is -2.16. The van der Waals surface area contributed by atoms with Crippen LogP contribution in [-0.4, -0.2) is 52.4 Å². The first-order valence-corrected chi connectivity index (χ1v) is 10.6. The highest BCUT2D eigenvalue weighted by Crippen LogP contribution is 2.47. The van der Waals surface area contributed by atoms with Crippen LogP contribution in [-0.2, 0) is 0 Å². The Morgan fingerprint density at radius 2 is 0.974 bits per heavy atom. The Bertz CT molecular complexity index is 1560. The van der Waals surface area contributed by atoms with Crippen molar-refractivity contribution in [3.05, 3.63) is 82.9 Å². The van der Waals surface area contributed by atoms with E-state index in [1.807, 2.05) is 0 Å².